The molecule has 0 aromatic heterocycles. The lowest BCUT2D eigenvalue weighted by molar-refractivity contribution is -0.231. The zero-order valence-electron chi connectivity index (χ0n) is 6.14. The molecule has 0 saturated carbocycles. The highest BCUT2D eigenvalue weighted by Crippen LogP contribution is 2.60. The Kier molecular flexibility index (Phi) is 3.16. The molecule has 0 N–H and O–H groups in total. The molecule has 0 spiro atoms. The number of hydrogen-bond donors (Lipinski definition) is 0. The molecule has 1 rings (SSSR count). The molecule has 84 valence electrons. The molecule has 1 unspecified atom stereocenters. The van der Waals surface area contributed by atoms with Gasteiger partial charge in [-0.1, -0.05) is 0 Å². The molecule has 0 bridgehead atoms. The van der Waals surface area contributed by atoms with Crippen molar-refractivity contribution >= 4 is 0 Å². The minimum absolute atomic E-state index is 1.83. The van der Waals surface area contributed by atoms with Crippen molar-refractivity contribution in [3.05, 3.63) is 12.7 Å². The number of epoxide rings is 1. The van der Waals surface area contributed by atoms with Crippen molar-refractivity contribution in [3.63, 3.8) is 0 Å². The van der Waals surface area contributed by atoms with Crippen LogP contribution < -0.4 is 0 Å². The Morgan fingerprint density at radius 2 is 1.29 bits per heavy atom. The van der Waals surface area contributed by atoms with E-state index in [0.717, 1.165) is 0 Å². The lowest BCUT2D eigenvalue weighted by atomic mass is 10.4. The zero-order valence-corrected chi connectivity index (χ0v) is 6.14. The van der Waals surface area contributed by atoms with Crippen molar-refractivity contribution < 1.29 is 39.9 Å². The first-order valence-corrected chi connectivity index (χ1v) is 2.77. The minimum atomic E-state index is -5.66. The predicted octanol–water partition coefficient (Wildman–Crippen LogP) is 3.23. The summed E-state index contributed by atoms with van der Waals surface area (Å²) < 4.78 is 90.6. The Balaban J connectivity index is 0.000000364. The van der Waals surface area contributed by atoms with E-state index in [9.17, 15) is 35.1 Å². The topological polar surface area (TPSA) is 12.5 Å². The molecular formula is C5H2F8O. The lowest BCUT2D eigenvalue weighted by Crippen LogP contribution is -2.32. The Morgan fingerprint density at radius 3 is 1.29 bits per heavy atom. The normalized spacial score (nSPS) is 28.9. The first kappa shape index (κ1) is 13.1. The molecule has 1 nitrogen and oxygen atoms in total. The predicted molar refractivity (Wildman–Crippen MR) is 27.3 cm³/mol. The molecule has 0 amide bonds. The maximum Gasteiger partial charge on any atom is 0.458 e. The van der Waals surface area contributed by atoms with Gasteiger partial charge >= 0.3 is 18.1 Å². The van der Waals surface area contributed by atoms with Crippen LogP contribution in [-0.2, 0) is 4.74 Å². The number of rotatable bonds is 0. The molecule has 0 aliphatic carbocycles. The van der Waals surface area contributed by atoms with Crippen LogP contribution >= 0.6 is 0 Å². The highest BCUT2D eigenvalue weighted by molar-refractivity contribution is 4.99. The average Bonchev–Trinajstić information content (AvgIpc) is 2.29. The van der Waals surface area contributed by atoms with Crippen molar-refractivity contribution in [2.24, 2.45) is 0 Å². The Morgan fingerprint density at radius 1 is 1.07 bits per heavy atom. The van der Waals surface area contributed by atoms with Gasteiger partial charge in [-0.15, -0.1) is 0 Å². The second kappa shape index (κ2) is 3.37. The lowest BCUT2D eigenvalue weighted by Gasteiger charge is -2.04. The number of hydrogen-bond acceptors (Lipinski definition) is 1. The third-order valence-electron chi connectivity index (χ3n) is 0.966. The number of alkyl halides is 6. The fraction of sp³-hybridized carbons (Fsp3) is 0.600. The van der Waals surface area contributed by atoms with E-state index in [1.165, 1.54) is 0 Å². The van der Waals surface area contributed by atoms with Crippen LogP contribution in [-0.4, -0.2) is 18.1 Å². The van der Waals surface area contributed by atoms with Crippen molar-refractivity contribution in [3.8, 4) is 0 Å². The van der Waals surface area contributed by atoms with E-state index in [4.69, 9.17) is 0 Å². The molecule has 9 heteroatoms. The molecule has 1 fully saturated rings. The van der Waals surface area contributed by atoms with E-state index in [2.05, 4.69) is 11.3 Å². The fourth-order valence-electron chi connectivity index (χ4n) is 0.374. The number of halogens is 8. The SMILES string of the molecule is C=C(F)F.FC(F)(F)C1(F)OC1(F)F. The summed E-state index contributed by atoms with van der Waals surface area (Å²) in [6, 6.07) is 0. The van der Waals surface area contributed by atoms with E-state index in [0.29, 0.717) is 0 Å². The van der Waals surface area contributed by atoms with Crippen molar-refractivity contribution in [2.45, 2.75) is 18.1 Å². The summed E-state index contributed by atoms with van der Waals surface area (Å²) in [5, 5.41) is 0. The van der Waals surface area contributed by atoms with Crippen LogP contribution in [0.25, 0.3) is 0 Å². The van der Waals surface area contributed by atoms with E-state index in [1.54, 1.807) is 0 Å². The maximum atomic E-state index is 11.7. The third kappa shape index (κ3) is 2.56. The molecule has 0 radical (unpaired) electrons. The van der Waals surface area contributed by atoms with Crippen molar-refractivity contribution in [1.82, 2.24) is 0 Å². The summed E-state index contributed by atoms with van der Waals surface area (Å²) in [4.78, 5) is 0. The van der Waals surface area contributed by atoms with Gasteiger partial charge in [0.2, 0.25) is 0 Å². The van der Waals surface area contributed by atoms with Crippen LogP contribution in [0.3, 0.4) is 0 Å². The summed E-state index contributed by atoms with van der Waals surface area (Å²) in [6.07, 6.45) is -12.2. The van der Waals surface area contributed by atoms with Gasteiger partial charge in [0.05, 0.1) is 0 Å². The first-order valence-electron chi connectivity index (χ1n) is 2.77. The van der Waals surface area contributed by atoms with E-state index in [1.807, 2.05) is 0 Å². The van der Waals surface area contributed by atoms with Crippen LogP contribution in [0.2, 0.25) is 0 Å². The molecule has 0 aromatic carbocycles. The molecule has 0 aromatic rings. The number of ether oxygens (including phenoxy) is 1. The largest absolute Gasteiger partial charge is 0.458 e. The highest BCUT2D eigenvalue weighted by Gasteiger charge is 2.90. The van der Waals surface area contributed by atoms with Gasteiger partial charge in [0.25, 0.3) is 6.08 Å². The van der Waals surface area contributed by atoms with Gasteiger partial charge in [-0.05, 0) is 6.58 Å². The molecule has 1 saturated heterocycles. The van der Waals surface area contributed by atoms with E-state index in [-0.39, 0.29) is 0 Å². The second-order valence-electron chi connectivity index (χ2n) is 2.05. The summed E-state index contributed by atoms with van der Waals surface area (Å²) in [5.41, 5.74) is 0. The smallest absolute Gasteiger partial charge is 0.263 e. The minimum Gasteiger partial charge on any atom is -0.263 e. The van der Waals surface area contributed by atoms with Crippen LogP contribution in [0, 0.1) is 0 Å². The van der Waals surface area contributed by atoms with E-state index >= 15 is 0 Å². The monoisotopic (exact) mass is 230 g/mol. The van der Waals surface area contributed by atoms with Gasteiger partial charge in [-0.25, -0.2) is 0 Å². The molecular weight excluding hydrogens is 228 g/mol. The molecule has 1 aliphatic rings. The van der Waals surface area contributed by atoms with Gasteiger partial charge < -0.3 is 0 Å². The van der Waals surface area contributed by atoms with Gasteiger partial charge in [0.1, 0.15) is 0 Å². The average molecular weight is 230 g/mol. The highest BCUT2D eigenvalue weighted by atomic mass is 19.4. The molecule has 14 heavy (non-hydrogen) atoms. The van der Waals surface area contributed by atoms with Crippen molar-refractivity contribution in [1.29, 1.82) is 0 Å². The summed E-state index contributed by atoms with van der Waals surface area (Å²) in [5.74, 6) is -4.75. The molecule has 1 atom stereocenters. The Labute approximate surface area is 71.9 Å². The standard InChI is InChI=1S/C3F6O.C2H2F2/c4-1(2(5,6)7)3(8,9)10-1;1-2(3)4/h;1H2. The molecule has 1 aliphatic heterocycles. The van der Waals surface area contributed by atoms with E-state index < -0.39 is 24.2 Å². The zero-order chi connectivity index (χ0) is 11.8. The van der Waals surface area contributed by atoms with Crippen LogP contribution in [0.5, 0.6) is 0 Å². The Bertz CT molecular complexity index is 228. The Hall–Kier alpha value is -0.860. The van der Waals surface area contributed by atoms with Gasteiger partial charge in [-0.2, -0.15) is 35.1 Å². The van der Waals surface area contributed by atoms with Gasteiger partial charge in [0.15, 0.2) is 0 Å². The van der Waals surface area contributed by atoms with Gasteiger partial charge in [0, 0.05) is 0 Å². The summed E-state index contributed by atoms with van der Waals surface area (Å²) >= 11 is 0. The van der Waals surface area contributed by atoms with Crippen molar-refractivity contribution in [2.75, 3.05) is 0 Å². The second-order valence-corrected chi connectivity index (χ2v) is 2.05. The summed E-state index contributed by atoms with van der Waals surface area (Å²) in [7, 11) is 0. The summed E-state index contributed by atoms with van der Waals surface area (Å²) in [6.45, 7) is 2.22. The quantitative estimate of drug-likeness (QED) is 0.459. The van der Waals surface area contributed by atoms with Gasteiger partial charge in [-0.3, -0.25) is 4.74 Å². The molecule has 1 heterocycles. The van der Waals surface area contributed by atoms with Crippen LogP contribution in [0.4, 0.5) is 35.1 Å². The first-order chi connectivity index (χ1) is 5.94. The fourth-order valence-corrected chi connectivity index (χ4v) is 0.374. The van der Waals surface area contributed by atoms with Crippen LogP contribution in [0.1, 0.15) is 0 Å². The van der Waals surface area contributed by atoms with Crippen LogP contribution in [0.15, 0.2) is 12.7 Å². The maximum absolute atomic E-state index is 11.7. The third-order valence-corrected chi connectivity index (χ3v) is 0.966.